The summed E-state index contributed by atoms with van der Waals surface area (Å²) < 4.78 is 51.8. The zero-order valence-electron chi connectivity index (χ0n) is 13.5. The van der Waals surface area contributed by atoms with E-state index in [9.17, 15) is 18.0 Å². The van der Waals surface area contributed by atoms with Gasteiger partial charge >= 0.3 is 6.18 Å². The Morgan fingerprint density at radius 3 is 2.60 bits per heavy atom. The third kappa shape index (κ3) is 5.38. The number of halogens is 3. The van der Waals surface area contributed by atoms with Gasteiger partial charge in [0.1, 0.15) is 13.3 Å². The number of amides is 1. The van der Waals surface area contributed by atoms with Crippen LogP contribution in [0.1, 0.15) is 10.4 Å². The summed E-state index contributed by atoms with van der Waals surface area (Å²) in [6.07, 6.45) is -1.75. The number of nitrogens with zero attached hydrogens (tertiary/aromatic N) is 2. The van der Waals surface area contributed by atoms with E-state index in [1.54, 1.807) is 12.1 Å². The number of hydrogen-bond acceptors (Lipinski definition) is 5. The van der Waals surface area contributed by atoms with E-state index in [0.717, 1.165) is 4.68 Å². The molecule has 0 unspecified atom stereocenters. The third-order valence-electron chi connectivity index (χ3n) is 3.03. The summed E-state index contributed by atoms with van der Waals surface area (Å²) in [4.78, 5) is 12.2. The van der Waals surface area contributed by atoms with Crippen LogP contribution in [0.15, 0.2) is 30.6 Å². The van der Waals surface area contributed by atoms with Crippen molar-refractivity contribution < 1.29 is 32.2 Å². The quantitative estimate of drug-likeness (QED) is 0.823. The van der Waals surface area contributed by atoms with Crippen LogP contribution in [0.3, 0.4) is 0 Å². The maximum Gasteiger partial charge on any atom is 0.411 e. The molecular weight excluding hydrogens is 343 g/mol. The number of aromatic nitrogens is 2. The first-order valence-electron chi connectivity index (χ1n) is 7.02. The monoisotopic (exact) mass is 359 g/mol. The number of anilines is 1. The number of rotatable bonds is 7. The van der Waals surface area contributed by atoms with Crippen molar-refractivity contribution in [2.45, 2.75) is 12.9 Å². The Labute approximate surface area is 141 Å². The lowest BCUT2D eigenvalue weighted by atomic mass is 10.2. The lowest BCUT2D eigenvalue weighted by Gasteiger charge is -2.09. The van der Waals surface area contributed by atoms with Gasteiger partial charge in [0.25, 0.3) is 5.91 Å². The van der Waals surface area contributed by atoms with Gasteiger partial charge < -0.3 is 19.5 Å². The van der Waals surface area contributed by atoms with Gasteiger partial charge in [-0.25, -0.2) is 4.68 Å². The first kappa shape index (κ1) is 18.6. The van der Waals surface area contributed by atoms with Crippen LogP contribution in [0.5, 0.6) is 11.5 Å². The predicted molar refractivity (Wildman–Crippen MR) is 81.7 cm³/mol. The molecule has 0 aliphatic heterocycles. The molecule has 1 aromatic carbocycles. The van der Waals surface area contributed by atoms with Crippen molar-refractivity contribution in [1.29, 1.82) is 0 Å². The number of methoxy groups -OCH3 is 2. The largest absolute Gasteiger partial charge is 0.493 e. The molecule has 1 amide bonds. The third-order valence-corrected chi connectivity index (χ3v) is 3.03. The minimum atomic E-state index is -4.41. The molecule has 2 aromatic rings. The topological polar surface area (TPSA) is 74.6 Å². The lowest BCUT2D eigenvalue weighted by Crippen LogP contribution is -2.18. The molecule has 136 valence electrons. The van der Waals surface area contributed by atoms with Crippen molar-refractivity contribution in [3.8, 4) is 11.5 Å². The highest BCUT2D eigenvalue weighted by Crippen LogP contribution is 2.27. The second-order valence-electron chi connectivity index (χ2n) is 4.89. The average molecular weight is 359 g/mol. The molecule has 25 heavy (non-hydrogen) atoms. The summed E-state index contributed by atoms with van der Waals surface area (Å²) in [5.74, 6) is 0.441. The molecule has 0 fully saturated rings. The zero-order valence-corrected chi connectivity index (χ0v) is 13.5. The molecule has 0 atom stereocenters. The van der Waals surface area contributed by atoms with Crippen LogP contribution in [0.4, 0.5) is 18.9 Å². The van der Waals surface area contributed by atoms with Crippen molar-refractivity contribution in [2.75, 3.05) is 26.1 Å². The van der Waals surface area contributed by atoms with Crippen molar-refractivity contribution in [2.24, 2.45) is 0 Å². The minimum Gasteiger partial charge on any atom is -0.493 e. The van der Waals surface area contributed by atoms with E-state index in [4.69, 9.17) is 9.47 Å². The molecule has 0 spiro atoms. The summed E-state index contributed by atoms with van der Waals surface area (Å²) in [5.41, 5.74) is 0.633. The molecule has 0 saturated carbocycles. The molecular formula is C15H16F3N3O4. The number of nitrogens with one attached hydrogen (secondary N) is 1. The molecule has 0 aliphatic rings. The summed E-state index contributed by atoms with van der Waals surface area (Å²) in [7, 11) is 2.93. The molecule has 7 nitrogen and oxygen atoms in total. The van der Waals surface area contributed by atoms with Gasteiger partial charge in [-0.05, 0) is 18.2 Å². The smallest absolute Gasteiger partial charge is 0.411 e. The SMILES string of the molecule is COc1ccc(C(=O)Nc2cnn(COCC(F)(F)F)c2)cc1OC. The molecule has 0 radical (unpaired) electrons. The number of carbonyl (C=O) groups excluding carboxylic acids is 1. The van der Waals surface area contributed by atoms with E-state index < -0.39 is 18.7 Å². The highest BCUT2D eigenvalue weighted by Gasteiger charge is 2.27. The van der Waals surface area contributed by atoms with E-state index >= 15 is 0 Å². The van der Waals surface area contributed by atoms with Gasteiger partial charge in [0.15, 0.2) is 11.5 Å². The van der Waals surface area contributed by atoms with E-state index in [2.05, 4.69) is 15.2 Å². The Hall–Kier alpha value is -2.75. The Balaban J connectivity index is 1.97. The normalized spacial score (nSPS) is 11.2. The highest BCUT2D eigenvalue weighted by atomic mass is 19.4. The maximum atomic E-state index is 12.2. The van der Waals surface area contributed by atoms with Crippen LogP contribution in [-0.2, 0) is 11.5 Å². The summed E-state index contributed by atoms with van der Waals surface area (Å²) in [6, 6.07) is 4.64. The molecule has 1 aromatic heterocycles. The molecule has 0 bridgehead atoms. The molecule has 1 N–H and O–H groups in total. The summed E-state index contributed by atoms with van der Waals surface area (Å²) in [6.45, 7) is -1.76. The van der Waals surface area contributed by atoms with Crippen LogP contribution in [0, 0.1) is 0 Å². The first-order chi connectivity index (χ1) is 11.8. The Kier molecular flexibility index (Phi) is 5.86. The molecule has 10 heteroatoms. The van der Waals surface area contributed by atoms with Crippen LogP contribution < -0.4 is 14.8 Å². The first-order valence-corrected chi connectivity index (χ1v) is 7.02. The number of alkyl halides is 3. The van der Waals surface area contributed by atoms with Crippen LogP contribution in [0.25, 0.3) is 0 Å². The number of hydrogen-bond donors (Lipinski definition) is 1. The number of ether oxygens (including phenoxy) is 3. The summed E-state index contributed by atoms with van der Waals surface area (Å²) >= 11 is 0. The van der Waals surface area contributed by atoms with E-state index in [1.165, 1.54) is 32.7 Å². The van der Waals surface area contributed by atoms with E-state index in [-0.39, 0.29) is 6.73 Å². The van der Waals surface area contributed by atoms with Gasteiger partial charge in [0.05, 0.1) is 32.3 Å². The number of benzene rings is 1. The van der Waals surface area contributed by atoms with Crippen molar-refractivity contribution in [3.05, 3.63) is 36.2 Å². The second-order valence-corrected chi connectivity index (χ2v) is 4.89. The van der Waals surface area contributed by atoms with Gasteiger partial charge in [0, 0.05) is 5.56 Å². The predicted octanol–water partition coefficient (Wildman–Crippen LogP) is 2.69. The highest BCUT2D eigenvalue weighted by molar-refractivity contribution is 6.04. The molecule has 2 rings (SSSR count). The minimum absolute atomic E-state index is 0.315. The van der Waals surface area contributed by atoms with E-state index in [1.807, 2.05) is 0 Å². The van der Waals surface area contributed by atoms with Gasteiger partial charge in [-0.15, -0.1) is 0 Å². The molecule has 0 aliphatic carbocycles. The molecule has 0 saturated heterocycles. The standard InChI is InChI=1S/C15H16F3N3O4/c1-23-12-4-3-10(5-13(12)24-2)14(22)20-11-6-19-21(7-11)9-25-8-15(16,17)18/h3-7H,8-9H2,1-2H3,(H,20,22). The zero-order chi connectivity index (χ0) is 18.4. The summed E-state index contributed by atoms with van der Waals surface area (Å²) in [5, 5.41) is 6.39. The Morgan fingerprint density at radius 1 is 1.24 bits per heavy atom. The molecule has 1 heterocycles. The van der Waals surface area contributed by atoms with Crippen molar-refractivity contribution in [3.63, 3.8) is 0 Å². The van der Waals surface area contributed by atoms with Crippen LogP contribution >= 0.6 is 0 Å². The fourth-order valence-electron chi connectivity index (χ4n) is 1.93. The van der Waals surface area contributed by atoms with Gasteiger partial charge in [-0.1, -0.05) is 0 Å². The van der Waals surface area contributed by atoms with Gasteiger partial charge in [-0.2, -0.15) is 18.3 Å². The Bertz CT molecular complexity index is 731. The van der Waals surface area contributed by atoms with E-state index in [0.29, 0.717) is 22.7 Å². The Morgan fingerprint density at radius 2 is 1.96 bits per heavy atom. The fourth-order valence-corrected chi connectivity index (χ4v) is 1.93. The van der Waals surface area contributed by atoms with Crippen LogP contribution in [-0.4, -0.2) is 42.7 Å². The van der Waals surface area contributed by atoms with Crippen molar-refractivity contribution >= 4 is 11.6 Å². The van der Waals surface area contributed by atoms with Crippen molar-refractivity contribution in [1.82, 2.24) is 9.78 Å². The lowest BCUT2D eigenvalue weighted by molar-refractivity contribution is -0.182. The number of carbonyl (C=O) groups is 1. The van der Waals surface area contributed by atoms with Crippen LogP contribution in [0.2, 0.25) is 0 Å². The second kappa shape index (κ2) is 7.88. The maximum absolute atomic E-state index is 12.2. The van der Waals surface area contributed by atoms with Gasteiger partial charge in [-0.3, -0.25) is 4.79 Å². The average Bonchev–Trinajstić information content (AvgIpc) is 3.00. The van der Waals surface area contributed by atoms with Gasteiger partial charge in [0.2, 0.25) is 0 Å². The fraction of sp³-hybridized carbons (Fsp3) is 0.333.